The molecule has 1 aromatic rings. The zero-order chi connectivity index (χ0) is 14.3. The van der Waals surface area contributed by atoms with Crippen molar-refractivity contribution in [3.05, 3.63) is 29.8 Å². The van der Waals surface area contributed by atoms with Crippen molar-refractivity contribution in [3.8, 4) is 5.75 Å². The molecule has 0 bridgehead atoms. The normalized spacial score (nSPS) is 11.9. The van der Waals surface area contributed by atoms with E-state index in [1.54, 1.807) is 7.11 Å². The minimum absolute atomic E-state index is 0.210. The van der Waals surface area contributed by atoms with Crippen molar-refractivity contribution in [2.75, 3.05) is 27.2 Å². The molecule has 0 heterocycles. The Balaban J connectivity index is 2.33. The summed E-state index contributed by atoms with van der Waals surface area (Å²) < 4.78 is 5.38. The highest BCUT2D eigenvalue weighted by Crippen LogP contribution is 2.18. The molecule has 0 saturated carbocycles. The van der Waals surface area contributed by atoms with Crippen molar-refractivity contribution >= 4 is 0 Å². The first-order valence-corrected chi connectivity index (χ1v) is 6.98. The quantitative estimate of drug-likeness (QED) is 0.766. The molecule has 1 N–H and O–H groups in total. The van der Waals surface area contributed by atoms with Gasteiger partial charge in [0.05, 0.1) is 7.11 Å². The Morgan fingerprint density at radius 3 is 2.53 bits per heavy atom. The lowest BCUT2D eigenvalue weighted by molar-refractivity contribution is 0.303. The standard InChI is InChI=1S/C16H28N2O/c1-16(2,3)17-11-8-12-18(4)13-14-9-6-7-10-15(14)19-5/h6-7,9-10,17H,8,11-13H2,1-5H3. The second-order valence-corrected chi connectivity index (χ2v) is 6.08. The number of hydrogen-bond donors (Lipinski definition) is 1. The zero-order valence-corrected chi connectivity index (χ0v) is 13.0. The van der Waals surface area contributed by atoms with Crippen molar-refractivity contribution in [1.82, 2.24) is 10.2 Å². The predicted molar refractivity (Wildman–Crippen MR) is 81.7 cm³/mol. The van der Waals surface area contributed by atoms with Crippen LogP contribution >= 0.6 is 0 Å². The van der Waals surface area contributed by atoms with Gasteiger partial charge in [-0.25, -0.2) is 0 Å². The first-order chi connectivity index (χ1) is 8.92. The fraction of sp³-hybridized carbons (Fsp3) is 0.625. The molecule has 0 aromatic heterocycles. The largest absolute Gasteiger partial charge is 0.496 e. The minimum atomic E-state index is 0.210. The van der Waals surface area contributed by atoms with E-state index in [0.29, 0.717) is 0 Å². The molecule has 3 heteroatoms. The highest BCUT2D eigenvalue weighted by atomic mass is 16.5. The molecule has 0 unspecified atom stereocenters. The number of ether oxygens (including phenoxy) is 1. The highest BCUT2D eigenvalue weighted by molar-refractivity contribution is 5.32. The van der Waals surface area contributed by atoms with Crippen LogP contribution in [-0.4, -0.2) is 37.7 Å². The summed E-state index contributed by atoms with van der Waals surface area (Å²) in [5, 5.41) is 3.51. The second-order valence-electron chi connectivity index (χ2n) is 6.08. The molecule has 3 nitrogen and oxygen atoms in total. The summed E-state index contributed by atoms with van der Waals surface area (Å²) in [5.41, 5.74) is 1.46. The predicted octanol–water partition coefficient (Wildman–Crippen LogP) is 2.91. The summed E-state index contributed by atoms with van der Waals surface area (Å²) in [6, 6.07) is 8.22. The van der Waals surface area contributed by atoms with E-state index < -0.39 is 0 Å². The van der Waals surface area contributed by atoms with E-state index in [0.717, 1.165) is 31.8 Å². The fourth-order valence-corrected chi connectivity index (χ4v) is 2.02. The number of rotatable bonds is 7. The molecule has 0 radical (unpaired) electrons. The van der Waals surface area contributed by atoms with Gasteiger partial charge in [0.15, 0.2) is 0 Å². The van der Waals surface area contributed by atoms with Crippen molar-refractivity contribution in [2.45, 2.75) is 39.3 Å². The van der Waals surface area contributed by atoms with Gasteiger partial charge in [-0.3, -0.25) is 0 Å². The molecule has 19 heavy (non-hydrogen) atoms. The van der Waals surface area contributed by atoms with Gasteiger partial charge in [-0.2, -0.15) is 0 Å². The van der Waals surface area contributed by atoms with Gasteiger partial charge in [0.2, 0.25) is 0 Å². The van der Waals surface area contributed by atoms with Gasteiger partial charge >= 0.3 is 0 Å². The van der Waals surface area contributed by atoms with Crippen LogP contribution in [-0.2, 0) is 6.54 Å². The van der Waals surface area contributed by atoms with Crippen LogP contribution in [0.2, 0.25) is 0 Å². The van der Waals surface area contributed by atoms with Crippen LogP contribution < -0.4 is 10.1 Å². The average Bonchev–Trinajstić information content (AvgIpc) is 2.34. The van der Waals surface area contributed by atoms with E-state index >= 15 is 0 Å². The Bertz CT molecular complexity index is 371. The molecule has 0 amide bonds. The van der Waals surface area contributed by atoms with Gasteiger partial charge in [-0.1, -0.05) is 18.2 Å². The molecule has 108 valence electrons. The summed E-state index contributed by atoms with van der Waals surface area (Å²) in [5.74, 6) is 0.974. The summed E-state index contributed by atoms with van der Waals surface area (Å²) in [4.78, 5) is 2.34. The summed E-state index contributed by atoms with van der Waals surface area (Å²) in [7, 11) is 3.88. The third kappa shape index (κ3) is 6.60. The molecule has 1 rings (SSSR count). The Labute approximate surface area is 118 Å². The van der Waals surface area contributed by atoms with E-state index in [9.17, 15) is 0 Å². The van der Waals surface area contributed by atoms with E-state index in [-0.39, 0.29) is 5.54 Å². The van der Waals surface area contributed by atoms with Gasteiger partial charge in [-0.05, 0) is 53.4 Å². The molecular formula is C16H28N2O. The number of methoxy groups -OCH3 is 1. The fourth-order valence-electron chi connectivity index (χ4n) is 2.02. The van der Waals surface area contributed by atoms with Gasteiger partial charge in [0.25, 0.3) is 0 Å². The molecule has 0 atom stereocenters. The molecule has 1 aromatic carbocycles. The third-order valence-electron chi connectivity index (χ3n) is 3.00. The summed E-state index contributed by atoms with van der Waals surface area (Å²) >= 11 is 0. The molecule has 0 aliphatic rings. The van der Waals surface area contributed by atoms with Crippen molar-refractivity contribution in [3.63, 3.8) is 0 Å². The number of hydrogen-bond acceptors (Lipinski definition) is 3. The van der Waals surface area contributed by atoms with Gasteiger partial charge in [0, 0.05) is 17.6 Å². The van der Waals surface area contributed by atoms with Crippen LogP contribution in [0.1, 0.15) is 32.8 Å². The second kappa shape index (κ2) is 7.51. The van der Waals surface area contributed by atoms with E-state index in [1.807, 2.05) is 12.1 Å². The minimum Gasteiger partial charge on any atom is -0.496 e. The Morgan fingerprint density at radius 2 is 1.89 bits per heavy atom. The molecule has 0 aliphatic carbocycles. The van der Waals surface area contributed by atoms with Crippen molar-refractivity contribution in [1.29, 1.82) is 0 Å². The highest BCUT2D eigenvalue weighted by Gasteiger charge is 2.08. The van der Waals surface area contributed by atoms with E-state index in [2.05, 4.69) is 50.2 Å². The maximum absolute atomic E-state index is 5.38. The lowest BCUT2D eigenvalue weighted by Crippen LogP contribution is -2.37. The van der Waals surface area contributed by atoms with Crippen molar-refractivity contribution < 1.29 is 4.74 Å². The molecule has 0 fully saturated rings. The monoisotopic (exact) mass is 264 g/mol. The molecule has 0 saturated heterocycles. The topological polar surface area (TPSA) is 24.5 Å². The van der Waals surface area contributed by atoms with Crippen LogP contribution in [0.5, 0.6) is 5.75 Å². The number of nitrogens with one attached hydrogen (secondary N) is 1. The van der Waals surface area contributed by atoms with Gasteiger partial charge in [0.1, 0.15) is 5.75 Å². The van der Waals surface area contributed by atoms with Gasteiger partial charge in [-0.15, -0.1) is 0 Å². The summed E-state index contributed by atoms with van der Waals surface area (Å²) in [6.45, 7) is 9.67. The maximum atomic E-state index is 5.38. The lowest BCUT2D eigenvalue weighted by Gasteiger charge is -2.22. The lowest BCUT2D eigenvalue weighted by atomic mass is 10.1. The smallest absolute Gasteiger partial charge is 0.123 e. The average molecular weight is 264 g/mol. The van der Waals surface area contributed by atoms with Gasteiger partial charge < -0.3 is 15.0 Å². The van der Waals surface area contributed by atoms with Crippen LogP contribution in [0.25, 0.3) is 0 Å². The van der Waals surface area contributed by atoms with E-state index in [1.165, 1.54) is 5.56 Å². The SMILES string of the molecule is COc1ccccc1CN(C)CCCNC(C)(C)C. The molecular weight excluding hydrogens is 236 g/mol. The number of para-hydroxylation sites is 1. The first kappa shape index (κ1) is 16.0. The Kier molecular flexibility index (Phi) is 6.32. The Morgan fingerprint density at radius 1 is 1.21 bits per heavy atom. The van der Waals surface area contributed by atoms with Crippen LogP contribution in [0.15, 0.2) is 24.3 Å². The molecule has 0 aliphatic heterocycles. The van der Waals surface area contributed by atoms with Crippen molar-refractivity contribution in [2.24, 2.45) is 0 Å². The molecule has 0 spiro atoms. The Hall–Kier alpha value is -1.06. The van der Waals surface area contributed by atoms with E-state index in [4.69, 9.17) is 4.74 Å². The summed E-state index contributed by atoms with van der Waals surface area (Å²) in [6.07, 6.45) is 1.16. The number of nitrogens with zero attached hydrogens (tertiary/aromatic N) is 1. The number of benzene rings is 1. The first-order valence-electron chi connectivity index (χ1n) is 6.98. The zero-order valence-electron chi connectivity index (χ0n) is 13.0. The maximum Gasteiger partial charge on any atom is 0.123 e. The third-order valence-corrected chi connectivity index (χ3v) is 3.00. The van der Waals surface area contributed by atoms with Crippen LogP contribution in [0.3, 0.4) is 0 Å². The van der Waals surface area contributed by atoms with Crippen LogP contribution in [0.4, 0.5) is 0 Å². The van der Waals surface area contributed by atoms with Crippen LogP contribution in [0, 0.1) is 0 Å².